The van der Waals surface area contributed by atoms with E-state index in [1.165, 1.54) is 122 Å². The van der Waals surface area contributed by atoms with Crippen LogP contribution in [0.1, 0.15) is 226 Å². The standard InChI is InChI=1S/C53H98NO8P/c1-6-8-10-12-14-16-18-20-21-22-23-24-25-26-27-28-29-30-31-32-33-34-36-38-40-42-44-46-53(56)62-51(50-61-63(57,58)60-48-47-54(3,4)5)49-59-52(55)45-43-41-39-37-35-19-17-15-13-11-9-7-2/h15,17-18,20,22-23,25-26,51H,6-14,16,19,21,24,27-50H2,1-5H3/b17-15-,20-18-,23-22-,26-25-. The number of unbranched alkanes of at least 4 members (excludes halogenated alkanes) is 25. The maximum absolute atomic E-state index is 12.7. The number of carbonyl (C=O) groups excluding carboxylic acids is 2. The molecule has 0 saturated heterocycles. The number of quaternary nitrogens is 1. The zero-order valence-corrected chi connectivity index (χ0v) is 42.4. The summed E-state index contributed by atoms with van der Waals surface area (Å²) in [7, 11) is 1.16. The Morgan fingerprint density at radius 3 is 1.32 bits per heavy atom. The van der Waals surface area contributed by atoms with Crippen molar-refractivity contribution in [3.8, 4) is 0 Å². The predicted octanol–water partition coefficient (Wildman–Crippen LogP) is 14.8. The van der Waals surface area contributed by atoms with Gasteiger partial charge in [-0.1, -0.05) is 184 Å². The normalized spacial score (nSPS) is 13.8. The van der Waals surface area contributed by atoms with Gasteiger partial charge >= 0.3 is 11.9 Å². The number of phosphoric ester groups is 1. The summed E-state index contributed by atoms with van der Waals surface area (Å²) >= 11 is 0. The first-order valence-electron chi connectivity index (χ1n) is 25.8. The summed E-state index contributed by atoms with van der Waals surface area (Å²) in [5.74, 6) is -0.844. The van der Waals surface area contributed by atoms with E-state index in [4.69, 9.17) is 18.5 Å². The molecule has 63 heavy (non-hydrogen) atoms. The lowest BCUT2D eigenvalue weighted by atomic mass is 10.0. The molecule has 0 fully saturated rings. The fourth-order valence-corrected chi connectivity index (χ4v) is 7.74. The van der Waals surface area contributed by atoms with E-state index in [0.717, 1.165) is 70.6 Å². The number of hydrogen-bond donors (Lipinski definition) is 0. The molecule has 0 aromatic heterocycles. The number of likely N-dealkylation sites (N-methyl/N-ethyl adjacent to an activating group) is 1. The van der Waals surface area contributed by atoms with Gasteiger partial charge in [-0.15, -0.1) is 0 Å². The van der Waals surface area contributed by atoms with Crippen molar-refractivity contribution in [2.75, 3.05) is 47.5 Å². The molecule has 0 aromatic carbocycles. The van der Waals surface area contributed by atoms with Crippen molar-refractivity contribution >= 4 is 19.8 Å². The molecule has 9 nitrogen and oxygen atoms in total. The Kier molecular flexibility index (Phi) is 43.7. The lowest BCUT2D eigenvalue weighted by molar-refractivity contribution is -0.870. The zero-order valence-electron chi connectivity index (χ0n) is 41.5. The Hall–Kier alpha value is -2.03. The van der Waals surface area contributed by atoms with Gasteiger partial charge in [0, 0.05) is 12.8 Å². The van der Waals surface area contributed by atoms with Gasteiger partial charge in [-0.2, -0.15) is 0 Å². The maximum atomic E-state index is 12.7. The van der Waals surface area contributed by atoms with Crippen molar-refractivity contribution in [2.45, 2.75) is 232 Å². The molecule has 368 valence electrons. The molecule has 0 aliphatic rings. The van der Waals surface area contributed by atoms with E-state index in [-0.39, 0.29) is 26.1 Å². The summed E-state index contributed by atoms with van der Waals surface area (Å²) in [5, 5.41) is 0. The highest BCUT2D eigenvalue weighted by Gasteiger charge is 2.21. The van der Waals surface area contributed by atoms with Gasteiger partial charge in [-0.25, -0.2) is 0 Å². The van der Waals surface area contributed by atoms with Gasteiger partial charge in [0.1, 0.15) is 19.8 Å². The zero-order chi connectivity index (χ0) is 46.4. The number of hydrogen-bond acceptors (Lipinski definition) is 8. The summed E-state index contributed by atoms with van der Waals surface area (Å²) in [5.41, 5.74) is 0. The van der Waals surface area contributed by atoms with Crippen LogP contribution in [0.5, 0.6) is 0 Å². The van der Waals surface area contributed by atoms with Gasteiger partial charge < -0.3 is 27.9 Å². The molecule has 0 N–H and O–H groups in total. The van der Waals surface area contributed by atoms with Crippen LogP contribution in [0.3, 0.4) is 0 Å². The molecule has 0 aliphatic heterocycles. The second-order valence-electron chi connectivity index (χ2n) is 18.5. The van der Waals surface area contributed by atoms with E-state index in [9.17, 15) is 19.0 Å². The first-order chi connectivity index (χ1) is 30.5. The van der Waals surface area contributed by atoms with E-state index < -0.39 is 32.5 Å². The van der Waals surface area contributed by atoms with Gasteiger partial charge in [0.05, 0.1) is 27.7 Å². The smallest absolute Gasteiger partial charge is 0.306 e. The van der Waals surface area contributed by atoms with E-state index in [2.05, 4.69) is 62.5 Å². The lowest BCUT2D eigenvalue weighted by Crippen LogP contribution is -2.37. The molecule has 0 heterocycles. The highest BCUT2D eigenvalue weighted by molar-refractivity contribution is 7.45. The monoisotopic (exact) mass is 908 g/mol. The van der Waals surface area contributed by atoms with Gasteiger partial charge in [0.15, 0.2) is 6.10 Å². The minimum atomic E-state index is -4.63. The van der Waals surface area contributed by atoms with Crippen LogP contribution in [0.15, 0.2) is 48.6 Å². The SMILES string of the molecule is CCCCC/C=C\CCCCCCCC(=O)OCC(COP(=O)([O-])OCC[N+](C)(C)C)OC(=O)CCCCCCCCCCCCCC/C=C\C/C=C\C/C=C\CCCCCCC. The third-order valence-corrected chi connectivity index (χ3v) is 12.0. The van der Waals surface area contributed by atoms with Crippen molar-refractivity contribution in [3.05, 3.63) is 48.6 Å². The Bertz CT molecular complexity index is 1210. The summed E-state index contributed by atoms with van der Waals surface area (Å²) in [6.07, 6.45) is 54.3. The van der Waals surface area contributed by atoms with Gasteiger partial charge in [-0.3, -0.25) is 14.2 Å². The van der Waals surface area contributed by atoms with Crippen molar-refractivity contribution < 1.29 is 42.1 Å². The average molecular weight is 908 g/mol. The van der Waals surface area contributed by atoms with E-state index in [0.29, 0.717) is 17.4 Å². The van der Waals surface area contributed by atoms with Crippen LogP contribution in [-0.4, -0.2) is 70.0 Å². The minimum absolute atomic E-state index is 0.0331. The van der Waals surface area contributed by atoms with Crippen LogP contribution in [0.4, 0.5) is 0 Å². The average Bonchev–Trinajstić information content (AvgIpc) is 3.24. The molecule has 0 bridgehead atoms. The number of rotatable bonds is 47. The van der Waals surface area contributed by atoms with Gasteiger partial charge in [0.2, 0.25) is 0 Å². The molecule has 0 saturated carbocycles. The molecule has 2 atom stereocenters. The van der Waals surface area contributed by atoms with E-state index >= 15 is 0 Å². The summed E-state index contributed by atoms with van der Waals surface area (Å²) in [6, 6.07) is 0. The van der Waals surface area contributed by atoms with Crippen molar-refractivity contribution in [1.29, 1.82) is 0 Å². The highest BCUT2D eigenvalue weighted by Crippen LogP contribution is 2.38. The van der Waals surface area contributed by atoms with Crippen molar-refractivity contribution in [3.63, 3.8) is 0 Å². The van der Waals surface area contributed by atoms with E-state index in [1.54, 1.807) is 0 Å². The summed E-state index contributed by atoms with van der Waals surface area (Å²) in [6.45, 7) is 4.19. The van der Waals surface area contributed by atoms with E-state index in [1.807, 2.05) is 21.1 Å². The third kappa shape index (κ3) is 49.2. The lowest BCUT2D eigenvalue weighted by Gasteiger charge is -2.28. The molecule has 10 heteroatoms. The Labute approximate surface area is 388 Å². The van der Waals surface area contributed by atoms with Crippen LogP contribution in [0, 0.1) is 0 Å². The van der Waals surface area contributed by atoms with Crippen LogP contribution < -0.4 is 4.89 Å². The first kappa shape index (κ1) is 61.0. The van der Waals surface area contributed by atoms with Crippen molar-refractivity contribution in [2.24, 2.45) is 0 Å². The Morgan fingerprint density at radius 2 is 0.857 bits per heavy atom. The molecule has 0 aliphatic carbocycles. The molecule has 2 unspecified atom stereocenters. The van der Waals surface area contributed by atoms with Crippen LogP contribution in [-0.2, 0) is 32.7 Å². The topological polar surface area (TPSA) is 111 Å². The van der Waals surface area contributed by atoms with Crippen molar-refractivity contribution in [1.82, 2.24) is 0 Å². The molecule has 0 rings (SSSR count). The number of esters is 2. The summed E-state index contributed by atoms with van der Waals surface area (Å²) in [4.78, 5) is 37.6. The molecule has 0 radical (unpaired) electrons. The maximum Gasteiger partial charge on any atom is 0.306 e. The molecular weight excluding hydrogens is 810 g/mol. The number of phosphoric acid groups is 1. The van der Waals surface area contributed by atoms with Gasteiger partial charge in [-0.05, 0) is 77.0 Å². The second-order valence-corrected chi connectivity index (χ2v) is 19.9. The second kappa shape index (κ2) is 45.1. The predicted molar refractivity (Wildman–Crippen MR) is 264 cm³/mol. The largest absolute Gasteiger partial charge is 0.756 e. The Balaban J connectivity index is 4.16. The molecule has 0 aromatic rings. The Morgan fingerprint density at radius 1 is 0.492 bits per heavy atom. The highest BCUT2D eigenvalue weighted by atomic mass is 31.2. The minimum Gasteiger partial charge on any atom is -0.756 e. The fourth-order valence-electron chi connectivity index (χ4n) is 7.01. The number of carbonyl (C=O) groups is 2. The quantitative estimate of drug-likeness (QED) is 0.0195. The number of nitrogens with zero attached hydrogens (tertiary/aromatic N) is 1. The molecule has 0 amide bonds. The van der Waals surface area contributed by atoms with Gasteiger partial charge in [0.25, 0.3) is 7.82 Å². The van der Waals surface area contributed by atoms with Crippen LogP contribution in [0.25, 0.3) is 0 Å². The third-order valence-electron chi connectivity index (χ3n) is 11.1. The first-order valence-corrected chi connectivity index (χ1v) is 27.3. The molecular formula is C53H98NO8P. The fraction of sp³-hybridized carbons (Fsp3) is 0.811. The number of ether oxygens (including phenoxy) is 2. The van der Waals surface area contributed by atoms with Crippen LogP contribution >= 0.6 is 7.82 Å². The molecule has 0 spiro atoms. The summed E-state index contributed by atoms with van der Waals surface area (Å²) < 4.78 is 34.0. The number of allylic oxidation sites excluding steroid dienone is 8. The van der Waals surface area contributed by atoms with Crippen LogP contribution in [0.2, 0.25) is 0 Å².